The number of nitrogens with zero attached hydrogens (tertiary/aromatic N) is 2. The molecule has 1 N–H and O–H groups in total. The summed E-state index contributed by atoms with van der Waals surface area (Å²) in [5.74, 6) is 1.80. The first-order valence-electron chi connectivity index (χ1n) is 8.87. The molecule has 4 unspecified atom stereocenters. The predicted octanol–water partition coefficient (Wildman–Crippen LogP) is 2.45. The van der Waals surface area contributed by atoms with Gasteiger partial charge in [0, 0.05) is 19.6 Å². The van der Waals surface area contributed by atoms with Gasteiger partial charge in [0.25, 0.3) is 5.56 Å². The molecule has 1 aliphatic heterocycles. The molecule has 0 spiro atoms. The van der Waals surface area contributed by atoms with Gasteiger partial charge in [0.15, 0.2) is 0 Å². The molecule has 0 bridgehead atoms. The summed E-state index contributed by atoms with van der Waals surface area (Å²) in [5.41, 5.74) is 0.890. The number of aliphatic hydroxyl groups is 1. The first-order chi connectivity index (χ1) is 11.7. The molecule has 1 saturated carbocycles. The van der Waals surface area contributed by atoms with E-state index in [0.717, 1.165) is 50.0 Å². The van der Waals surface area contributed by atoms with Gasteiger partial charge >= 0.3 is 0 Å². The summed E-state index contributed by atoms with van der Waals surface area (Å²) in [6, 6.07) is 7.75. The maximum atomic E-state index is 12.3. The summed E-state index contributed by atoms with van der Waals surface area (Å²) in [4.78, 5) is 16.7. The van der Waals surface area contributed by atoms with Gasteiger partial charge in [0.2, 0.25) is 0 Å². The number of aromatic nitrogens is 2. The summed E-state index contributed by atoms with van der Waals surface area (Å²) in [6.45, 7) is 0.927. The summed E-state index contributed by atoms with van der Waals surface area (Å²) in [7, 11) is 1.67. The number of rotatable bonds is 3. The molecule has 4 rings (SSSR count). The Hall–Kier alpha value is -1.72. The lowest BCUT2D eigenvalue weighted by atomic mass is 9.79. The fourth-order valence-electron chi connectivity index (χ4n) is 4.49. The van der Waals surface area contributed by atoms with Crippen molar-refractivity contribution in [1.82, 2.24) is 9.55 Å². The number of fused-ring (bicyclic) bond motifs is 3. The smallest absolute Gasteiger partial charge is 0.280 e. The van der Waals surface area contributed by atoms with E-state index in [1.54, 1.807) is 7.11 Å². The first kappa shape index (κ1) is 15.8. The SMILES string of the molecule is COC1CC(CC2CCn3c2nc(=O)c2ccccc23)CCC1O. The Kier molecular flexibility index (Phi) is 4.14. The van der Waals surface area contributed by atoms with Crippen molar-refractivity contribution in [2.75, 3.05) is 7.11 Å². The highest BCUT2D eigenvalue weighted by atomic mass is 16.5. The summed E-state index contributed by atoms with van der Waals surface area (Å²) in [6.07, 6.45) is 4.38. The molecule has 1 fully saturated rings. The largest absolute Gasteiger partial charge is 0.390 e. The molecule has 5 heteroatoms. The average molecular weight is 328 g/mol. The number of para-hydroxylation sites is 1. The maximum Gasteiger partial charge on any atom is 0.280 e. The lowest BCUT2D eigenvalue weighted by molar-refractivity contribution is -0.0520. The van der Waals surface area contributed by atoms with Gasteiger partial charge in [-0.15, -0.1) is 0 Å². The Balaban J connectivity index is 1.59. The topological polar surface area (TPSA) is 64.4 Å². The van der Waals surface area contributed by atoms with Crippen LogP contribution in [0.25, 0.3) is 10.9 Å². The van der Waals surface area contributed by atoms with E-state index in [1.165, 1.54) is 0 Å². The van der Waals surface area contributed by atoms with Crippen molar-refractivity contribution in [2.45, 2.75) is 56.8 Å². The Morgan fingerprint density at radius 1 is 1.29 bits per heavy atom. The van der Waals surface area contributed by atoms with Gasteiger partial charge in [0.05, 0.1) is 23.1 Å². The zero-order chi connectivity index (χ0) is 16.7. The van der Waals surface area contributed by atoms with Crippen molar-refractivity contribution in [3.05, 3.63) is 40.4 Å². The van der Waals surface area contributed by atoms with Crippen LogP contribution in [0.3, 0.4) is 0 Å². The van der Waals surface area contributed by atoms with Crippen molar-refractivity contribution < 1.29 is 9.84 Å². The molecule has 4 atom stereocenters. The first-order valence-corrected chi connectivity index (χ1v) is 8.87. The number of hydrogen-bond donors (Lipinski definition) is 1. The van der Waals surface area contributed by atoms with Crippen molar-refractivity contribution in [3.8, 4) is 0 Å². The zero-order valence-corrected chi connectivity index (χ0v) is 14.0. The number of aryl methyl sites for hydroxylation is 1. The highest BCUT2D eigenvalue weighted by molar-refractivity contribution is 5.78. The minimum absolute atomic E-state index is 0.0584. The molecule has 2 heterocycles. The highest BCUT2D eigenvalue weighted by Gasteiger charge is 2.33. The van der Waals surface area contributed by atoms with Crippen molar-refractivity contribution in [2.24, 2.45) is 5.92 Å². The molecule has 5 nitrogen and oxygen atoms in total. The number of methoxy groups -OCH3 is 1. The third-order valence-corrected chi connectivity index (χ3v) is 5.77. The molecule has 1 aromatic heterocycles. The average Bonchev–Trinajstić information content (AvgIpc) is 3.00. The quantitative estimate of drug-likeness (QED) is 0.940. The molecular weight excluding hydrogens is 304 g/mol. The Bertz CT molecular complexity index is 801. The molecule has 24 heavy (non-hydrogen) atoms. The number of benzene rings is 1. The van der Waals surface area contributed by atoms with Crippen LogP contribution in [0.15, 0.2) is 29.1 Å². The second kappa shape index (κ2) is 6.30. The minimum Gasteiger partial charge on any atom is -0.390 e. The molecule has 0 saturated heterocycles. The molecule has 128 valence electrons. The number of ether oxygens (including phenoxy) is 1. The van der Waals surface area contributed by atoms with E-state index in [4.69, 9.17) is 4.74 Å². The van der Waals surface area contributed by atoms with Crippen LogP contribution in [0.1, 0.15) is 43.8 Å². The van der Waals surface area contributed by atoms with E-state index in [0.29, 0.717) is 17.2 Å². The van der Waals surface area contributed by atoms with Crippen LogP contribution in [-0.4, -0.2) is 34.0 Å². The van der Waals surface area contributed by atoms with E-state index < -0.39 is 0 Å². The Morgan fingerprint density at radius 3 is 2.96 bits per heavy atom. The van der Waals surface area contributed by atoms with Crippen LogP contribution in [0.2, 0.25) is 0 Å². The van der Waals surface area contributed by atoms with Gasteiger partial charge in [-0.1, -0.05) is 12.1 Å². The van der Waals surface area contributed by atoms with Gasteiger partial charge in [0.1, 0.15) is 5.82 Å². The molecule has 1 aromatic carbocycles. The van der Waals surface area contributed by atoms with Crippen LogP contribution in [0, 0.1) is 5.92 Å². The molecule has 2 aromatic rings. The van der Waals surface area contributed by atoms with Crippen molar-refractivity contribution in [1.29, 1.82) is 0 Å². The number of hydrogen-bond acceptors (Lipinski definition) is 4. The normalized spacial score (nSPS) is 29.8. The standard InChI is InChI=1S/C19H24N2O3/c1-24-17-11-12(6-7-16(17)22)10-13-8-9-21-15-5-3-2-4-14(15)19(23)20-18(13)21/h2-5,12-13,16-17,22H,6-11H2,1H3. The molecule has 1 aliphatic carbocycles. The van der Waals surface area contributed by atoms with Gasteiger partial charge in [-0.3, -0.25) is 4.79 Å². The molecule has 0 radical (unpaired) electrons. The van der Waals surface area contributed by atoms with Crippen LogP contribution < -0.4 is 5.56 Å². The second-order valence-electron chi connectivity index (χ2n) is 7.19. The van der Waals surface area contributed by atoms with E-state index >= 15 is 0 Å². The Morgan fingerprint density at radius 2 is 2.12 bits per heavy atom. The van der Waals surface area contributed by atoms with E-state index in [2.05, 4.69) is 9.55 Å². The van der Waals surface area contributed by atoms with Crippen LogP contribution in [-0.2, 0) is 11.3 Å². The zero-order valence-electron chi connectivity index (χ0n) is 14.0. The lowest BCUT2D eigenvalue weighted by Crippen LogP contribution is -2.35. The predicted molar refractivity (Wildman–Crippen MR) is 92.1 cm³/mol. The minimum atomic E-state index is -0.341. The van der Waals surface area contributed by atoms with Gasteiger partial charge in [-0.2, -0.15) is 4.98 Å². The number of aliphatic hydroxyl groups excluding tert-OH is 1. The van der Waals surface area contributed by atoms with Gasteiger partial charge < -0.3 is 14.4 Å². The summed E-state index contributed by atoms with van der Waals surface area (Å²) in [5, 5.41) is 10.7. The van der Waals surface area contributed by atoms with Gasteiger partial charge in [-0.05, 0) is 50.2 Å². The third kappa shape index (κ3) is 2.66. The van der Waals surface area contributed by atoms with E-state index in [9.17, 15) is 9.90 Å². The van der Waals surface area contributed by atoms with Gasteiger partial charge in [-0.25, -0.2) is 0 Å². The molecular formula is C19H24N2O3. The van der Waals surface area contributed by atoms with Crippen LogP contribution >= 0.6 is 0 Å². The van der Waals surface area contributed by atoms with Crippen molar-refractivity contribution in [3.63, 3.8) is 0 Å². The van der Waals surface area contributed by atoms with Crippen molar-refractivity contribution >= 4 is 10.9 Å². The van der Waals surface area contributed by atoms with E-state index in [-0.39, 0.29) is 17.8 Å². The fraction of sp³-hybridized carbons (Fsp3) is 0.579. The second-order valence-corrected chi connectivity index (χ2v) is 7.19. The molecule has 2 aliphatic rings. The fourth-order valence-corrected chi connectivity index (χ4v) is 4.49. The third-order valence-electron chi connectivity index (χ3n) is 5.77. The maximum absolute atomic E-state index is 12.3. The van der Waals surface area contributed by atoms with E-state index in [1.807, 2.05) is 24.3 Å². The summed E-state index contributed by atoms with van der Waals surface area (Å²) < 4.78 is 7.64. The summed E-state index contributed by atoms with van der Waals surface area (Å²) >= 11 is 0. The van der Waals surface area contributed by atoms with Crippen LogP contribution in [0.4, 0.5) is 0 Å². The monoisotopic (exact) mass is 328 g/mol. The van der Waals surface area contributed by atoms with Crippen LogP contribution in [0.5, 0.6) is 0 Å². The molecule has 0 amide bonds. The highest BCUT2D eigenvalue weighted by Crippen LogP contribution is 2.38. The lowest BCUT2D eigenvalue weighted by Gasteiger charge is -2.33. The Labute approximate surface area is 141 Å².